The lowest BCUT2D eigenvalue weighted by Crippen LogP contribution is -2.48. The van der Waals surface area contributed by atoms with Crippen molar-refractivity contribution in [2.24, 2.45) is 0 Å². The van der Waals surface area contributed by atoms with Crippen LogP contribution in [0.4, 0.5) is 11.4 Å². The Morgan fingerprint density at radius 3 is 2.50 bits per heavy atom. The molecule has 0 aliphatic carbocycles. The quantitative estimate of drug-likeness (QED) is 0.419. The number of pyridine rings is 1. The minimum Gasteiger partial charge on any atom is -0.494 e. The summed E-state index contributed by atoms with van der Waals surface area (Å²) in [5, 5.41) is 13.1. The van der Waals surface area contributed by atoms with Gasteiger partial charge in [0.05, 0.1) is 24.4 Å². The summed E-state index contributed by atoms with van der Waals surface area (Å²) in [7, 11) is 1.62. The summed E-state index contributed by atoms with van der Waals surface area (Å²) < 4.78 is 5.47. The Kier molecular flexibility index (Phi) is 6.24. The third-order valence-electron chi connectivity index (χ3n) is 7.40. The Morgan fingerprint density at radius 1 is 0.947 bits per heavy atom. The average molecular weight is 502 g/mol. The molecular formula is C31H27N5O2. The standard InChI is InChI=1S/C31H27N5O2/c1-38-28-11-6-14-33-29(28)21-12-13-27(22(19-21)20-32)35-15-17-36(18-16-35)30-23-7-2-3-8-24(23)31(37)34-26-10-5-4-9-25(26)30/h2-14,19,30H,15-18H2,1H3,(H,34,37). The van der Waals surface area contributed by atoms with Crippen LogP contribution in [0.2, 0.25) is 0 Å². The molecule has 0 bridgehead atoms. The maximum Gasteiger partial charge on any atom is 0.256 e. The first-order valence-corrected chi connectivity index (χ1v) is 12.7. The van der Waals surface area contributed by atoms with Gasteiger partial charge in [0.1, 0.15) is 17.5 Å². The summed E-state index contributed by atoms with van der Waals surface area (Å²) in [6.45, 7) is 3.12. The molecule has 2 aliphatic heterocycles. The van der Waals surface area contributed by atoms with E-state index in [1.165, 1.54) is 0 Å². The van der Waals surface area contributed by atoms with Gasteiger partial charge in [0.15, 0.2) is 0 Å². The van der Waals surface area contributed by atoms with Crippen LogP contribution in [0.1, 0.15) is 33.1 Å². The van der Waals surface area contributed by atoms with Crippen LogP contribution in [0.5, 0.6) is 5.75 Å². The number of amides is 1. The maximum atomic E-state index is 13.0. The Bertz CT molecular complexity index is 1550. The number of carbonyl (C=O) groups is 1. The van der Waals surface area contributed by atoms with Gasteiger partial charge in [-0.2, -0.15) is 5.26 Å². The second-order valence-corrected chi connectivity index (χ2v) is 9.45. The van der Waals surface area contributed by atoms with Crippen LogP contribution in [-0.4, -0.2) is 49.1 Å². The van der Waals surface area contributed by atoms with Crippen molar-refractivity contribution in [3.63, 3.8) is 0 Å². The second kappa shape index (κ2) is 10.0. The molecule has 0 spiro atoms. The highest BCUT2D eigenvalue weighted by Crippen LogP contribution is 2.39. The third-order valence-corrected chi connectivity index (χ3v) is 7.40. The number of nitrogens with zero attached hydrogens (tertiary/aromatic N) is 4. The third kappa shape index (κ3) is 4.15. The first-order chi connectivity index (χ1) is 18.7. The number of nitrogens with one attached hydrogen (secondary N) is 1. The molecule has 0 radical (unpaired) electrons. The molecule has 3 aromatic carbocycles. The lowest BCUT2D eigenvalue weighted by atomic mass is 9.93. The van der Waals surface area contributed by atoms with E-state index in [1.54, 1.807) is 13.3 Å². The van der Waals surface area contributed by atoms with E-state index in [0.717, 1.165) is 59.9 Å². The number of carbonyl (C=O) groups excluding carboxylic acids is 1. The molecule has 188 valence electrons. The zero-order valence-electron chi connectivity index (χ0n) is 21.1. The number of para-hydroxylation sites is 1. The zero-order valence-corrected chi connectivity index (χ0v) is 21.1. The molecule has 3 heterocycles. The van der Waals surface area contributed by atoms with Gasteiger partial charge in [-0.05, 0) is 47.5 Å². The van der Waals surface area contributed by atoms with Gasteiger partial charge in [0, 0.05) is 49.2 Å². The van der Waals surface area contributed by atoms with Gasteiger partial charge < -0.3 is 15.0 Å². The molecule has 1 aromatic heterocycles. The number of hydrogen-bond acceptors (Lipinski definition) is 6. The van der Waals surface area contributed by atoms with Crippen molar-refractivity contribution >= 4 is 17.3 Å². The molecule has 0 saturated carbocycles. The number of nitriles is 1. The van der Waals surface area contributed by atoms with E-state index >= 15 is 0 Å². The zero-order chi connectivity index (χ0) is 26.1. The summed E-state index contributed by atoms with van der Waals surface area (Å²) in [6.07, 6.45) is 1.73. The van der Waals surface area contributed by atoms with E-state index in [-0.39, 0.29) is 11.9 Å². The Morgan fingerprint density at radius 2 is 1.71 bits per heavy atom. The molecular weight excluding hydrogens is 474 g/mol. The number of benzene rings is 3. The molecule has 1 unspecified atom stereocenters. The molecule has 1 saturated heterocycles. The SMILES string of the molecule is COc1cccnc1-c1ccc(N2CCN(C3c4ccccc4NC(=O)c4ccccc43)CC2)c(C#N)c1. The van der Waals surface area contributed by atoms with Gasteiger partial charge in [-0.15, -0.1) is 0 Å². The van der Waals surface area contributed by atoms with Gasteiger partial charge in [-0.3, -0.25) is 14.7 Å². The lowest BCUT2D eigenvalue weighted by molar-refractivity contribution is 0.102. The first-order valence-electron chi connectivity index (χ1n) is 12.7. The van der Waals surface area contributed by atoms with E-state index < -0.39 is 0 Å². The summed E-state index contributed by atoms with van der Waals surface area (Å²) in [4.78, 5) is 22.2. The number of anilines is 2. The van der Waals surface area contributed by atoms with Crippen LogP contribution in [0, 0.1) is 11.3 Å². The van der Waals surface area contributed by atoms with E-state index in [2.05, 4.69) is 38.3 Å². The van der Waals surface area contributed by atoms with Crippen LogP contribution in [0.25, 0.3) is 11.3 Å². The summed E-state index contributed by atoms with van der Waals surface area (Å²) in [5.74, 6) is 0.604. The molecule has 1 N–H and O–H groups in total. The van der Waals surface area contributed by atoms with E-state index in [1.807, 2.05) is 66.7 Å². The van der Waals surface area contributed by atoms with Crippen LogP contribution >= 0.6 is 0 Å². The van der Waals surface area contributed by atoms with Gasteiger partial charge in [-0.1, -0.05) is 42.5 Å². The molecule has 7 nitrogen and oxygen atoms in total. The highest BCUT2D eigenvalue weighted by atomic mass is 16.5. The Labute approximate surface area is 221 Å². The maximum absolute atomic E-state index is 13.0. The van der Waals surface area contributed by atoms with Crippen molar-refractivity contribution in [2.45, 2.75) is 6.04 Å². The number of ether oxygens (including phenoxy) is 1. The fourth-order valence-corrected chi connectivity index (χ4v) is 5.58. The van der Waals surface area contributed by atoms with Crippen molar-refractivity contribution in [1.29, 1.82) is 5.26 Å². The average Bonchev–Trinajstić information content (AvgIpc) is 3.10. The van der Waals surface area contributed by atoms with Crippen LogP contribution in [-0.2, 0) is 0 Å². The predicted octanol–water partition coefficient (Wildman–Crippen LogP) is 5.11. The molecule has 38 heavy (non-hydrogen) atoms. The smallest absolute Gasteiger partial charge is 0.256 e. The van der Waals surface area contributed by atoms with Crippen LogP contribution < -0.4 is 15.0 Å². The number of hydrogen-bond donors (Lipinski definition) is 1. The highest BCUT2D eigenvalue weighted by Gasteiger charge is 2.33. The van der Waals surface area contributed by atoms with Crippen molar-refractivity contribution < 1.29 is 9.53 Å². The molecule has 1 fully saturated rings. The normalized spacial score (nSPS) is 17.0. The van der Waals surface area contributed by atoms with Gasteiger partial charge in [-0.25, -0.2) is 0 Å². The summed E-state index contributed by atoms with van der Waals surface area (Å²) in [5.41, 5.74) is 6.80. The Hall–Kier alpha value is -4.67. The fraction of sp³-hybridized carbons (Fsp3) is 0.194. The predicted molar refractivity (Wildman–Crippen MR) is 147 cm³/mol. The molecule has 2 aliphatic rings. The molecule has 4 aromatic rings. The minimum atomic E-state index is -0.0718. The van der Waals surface area contributed by atoms with Gasteiger partial charge in [0.2, 0.25) is 0 Å². The van der Waals surface area contributed by atoms with Crippen molar-refractivity contribution in [3.05, 3.63) is 107 Å². The minimum absolute atomic E-state index is 0.0297. The van der Waals surface area contributed by atoms with Crippen LogP contribution in [0.3, 0.4) is 0 Å². The second-order valence-electron chi connectivity index (χ2n) is 9.45. The fourth-order valence-electron chi connectivity index (χ4n) is 5.58. The topological polar surface area (TPSA) is 81.5 Å². The van der Waals surface area contributed by atoms with E-state index in [9.17, 15) is 10.1 Å². The molecule has 1 atom stereocenters. The monoisotopic (exact) mass is 501 g/mol. The summed E-state index contributed by atoms with van der Waals surface area (Å²) >= 11 is 0. The largest absolute Gasteiger partial charge is 0.494 e. The molecule has 7 heteroatoms. The first kappa shape index (κ1) is 23.7. The molecule has 6 rings (SSSR count). The Balaban J connectivity index is 1.28. The van der Waals surface area contributed by atoms with Crippen molar-refractivity contribution in [3.8, 4) is 23.1 Å². The number of aromatic nitrogens is 1. The molecule has 1 amide bonds. The van der Waals surface area contributed by atoms with Crippen molar-refractivity contribution in [1.82, 2.24) is 9.88 Å². The number of fused-ring (bicyclic) bond motifs is 2. The van der Waals surface area contributed by atoms with E-state index in [0.29, 0.717) is 16.9 Å². The number of rotatable bonds is 4. The van der Waals surface area contributed by atoms with Gasteiger partial charge in [0.25, 0.3) is 5.91 Å². The number of methoxy groups -OCH3 is 1. The van der Waals surface area contributed by atoms with Gasteiger partial charge >= 0.3 is 0 Å². The summed E-state index contributed by atoms with van der Waals surface area (Å²) in [6, 6.07) is 27.9. The van der Waals surface area contributed by atoms with Crippen LogP contribution in [0.15, 0.2) is 85.1 Å². The number of piperazine rings is 1. The lowest BCUT2D eigenvalue weighted by Gasteiger charge is -2.41. The highest BCUT2D eigenvalue weighted by molar-refractivity contribution is 6.07. The van der Waals surface area contributed by atoms with E-state index in [4.69, 9.17) is 4.74 Å². The van der Waals surface area contributed by atoms with Crippen molar-refractivity contribution in [2.75, 3.05) is 43.5 Å².